The van der Waals surface area contributed by atoms with Crippen molar-refractivity contribution in [1.82, 2.24) is 4.98 Å². The molecule has 6 nitrogen and oxygen atoms in total. The third kappa shape index (κ3) is 6.63. The summed E-state index contributed by atoms with van der Waals surface area (Å²) in [7, 11) is 4.27. The van der Waals surface area contributed by atoms with Crippen LogP contribution in [-0.2, 0) is 9.47 Å². The van der Waals surface area contributed by atoms with E-state index in [2.05, 4.69) is 5.10 Å². The van der Waals surface area contributed by atoms with E-state index in [-0.39, 0.29) is 0 Å². The first-order chi connectivity index (χ1) is 13.2. The minimum absolute atomic E-state index is 0.473. The molecule has 1 aromatic carbocycles. The van der Waals surface area contributed by atoms with E-state index in [1.165, 1.54) is 0 Å². The number of aliphatic hydroxyl groups is 1. The summed E-state index contributed by atoms with van der Waals surface area (Å²) in [5, 5.41) is 13.9. The second kappa shape index (κ2) is 12.8. The van der Waals surface area contributed by atoms with Crippen LogP contribution in [0.2, 0.25) is 0 Å². The molecule has 0 aliphatic carbocycles. The average Bonchev–Trinajstić information content (AvgIpc) is 3.22. The molecule has 0 saturated carbocycles. The molecule has 0 unspecified atom stereocenters. The predicted molar refractivity (Wildman–Crippen MR) is 112 cm³/mol. The number of nitrogens with zero attached hydrogens (tertiary/aromatic N) is 2. The molecule has 0 radical (unpaired) electrons. The summed E-state index contributed by atoms with van der Waals surface area (Å²) in [6.45, 7) is 2.52. The van der Waals surface area contributed by atoms with Crippen LogP contribution in [0.5, 0.6) is 0 Å². The molecule has 0 spiro atoms. The molecule has 146 valence electrons. The normalized spacial score (nSPS) is 12.4. The monoisotopic (exact) mass is 389 g/mol. The maximum Gasteiger partial charge on any atom is 0.124 e. The minimum atomic E-state index is 0.473. The van der Waals surface area contributed by atoms with Crippen molar-refractivity contribution in [3.8, 4) is 10.6 Å². The number of hydrogen-bond donors (Lipinski definition) is 2. The molecule has 0 bridgehead atoms. The highest BCUT2D eigenvalue weighted by Gasteiger charge is 2.14. The van der Waals surface area contributed by atoms with Crippen molar-refractivity contribution in [2.75, 3.05) is 27.9 Å². The van der Waals surface area contributed by atoms with Crippen molar-refractivity contribution in [2.45, 2.75) is 13.3 Å². The van der Waals surface area contributed by atoms with Crippen LogP contribution in [0, 0.1) is 0 Å². The summed E-state index contributed by atoms with van der Waals surface area (Å²) in [5.74, 6) is 6.38. The fraction of sp³-hybridized carbons (Fsp3) is 0.300. The number of allylic oxidation sites excluding steroid dienone is 2. The van der Waals surface area contributed by atoms with Gasteiger partial charge in [0.1, 0.15) is 22.2 Å². The fourth-order valence-corrected chi connectivity index (χ4v) is 3.10. The molecule has 1 heterocycles. The first kappa shape index (κ1) is 22.6. The van der Waals surface area contributed by atoms with Crippen LogP contribution in [0.3, 0.4) is 0 Å². The SMILES string of the molecule is CCC(=C\C(=C/COC)OC)/C(=N/N)c1csc(-c2ccccc2)n1.CO. The topological polar surface area (TPSA) is 90.0 Å². The number of ether oxygens (including phenoxy) is 2. The Morgan fingerprint density at radius 2 is 1.96 bits per heavy atom. The van der Waals surface area contributed by atoms with E-state index >= 15 is 0 Å². The number of rotatable bonds is 8. The summed E-state index contributed by atoms with van der Waals surface area (Å²) < 4.78 is 10.4. The number of aliphatic hydroxyl groups excluding tert-OH is 1. The van der Waals surface area contributed by atoms with Gasteiger partial charge < -0.3 is 20.4 Å². The molecule has 27 heavy (non-hydrogen) atoms. The molecular weight excluding hydrogens is 362 g/mol. The van der Waals surface area contributed by atoms with Crippen molar-refractivity contribution in [3.05, 3.63) is 64.9 Å². The molecule has 0 fully saturated rings. The standard InChI is InChI=1S/C19H23N3O2S.CH4O/c1-4-14(12-16(24-3)10-11-23-2)18(22-20)17-13-25-19(21-17)15-8-6-5-7-9-15;1-2/h5-10,12-13H,4,11,20H2,1-3H3;2H,1H3/b14-12+,16-10+,22-18-;. The summed E-state index contributed by atoms with van der Waals surface area (Å²) >= 11 is 1.57. The van der Waals surface area contributed by atoms with Gasteiger partial charge in [0.25, 0.3) is 0 Å². The number of hydrazone groups is 1. The zero-order chi connectivity index (χ0) is 20.1. The second-order valence-electron chi connectivity index (χ2n) is 5.17. The average molecular weight is 390 g/mol. The molecule has 2 aromatic rings. The number of aromatic nitrogens is 1. The lowest BCUT2D eigenvalue weighted by Crippen LogP contribution is -2.09. The van der Waals surface area contributed by atoms with Crippen LogP contribution < -0.4 is 5.84 Å². The van der Waals surface area contributed by atoms with Crippen LogP contribution in [0.4, 0.5) is 0 Å². The Morgan fingerprint density at radius 3 is 2.52 bits per heavy atom. The maximum atomic E-state index is 7.00. The van der Waals surface area contributed by atoms with Gasteiger partial charge in [-0.05, 0) is 24.1 Å². The van der Waals surface area contributed by atoms with Gasteiger partial charge in [-0.15, -0.1) is 11.3 Å². The van der Waals surface area contributed by atoms with Crippen molar-refractivity contribution >= 4 is 17.0 Å². The Kier molecular flexibility index (Phi) is 10.7. The molecule has 1 aromatic heterocycles. The Hall–Kier alpha value is -2.48. The lowest BCUT2D eigenvalue weighted by atomic mass is 10.0. The minimum Gasteiger partial charge on any atom is -0.497 e. The molecule has 0 aliphatic rings. The highest BCUT2D eigenvalue weighted by atomic mass is 32.1. The van der Waals surface area contributed by atoms with Gasteiger partial charge in [-0.2, -0.15) is 5.10 Å². The Labute approximate surface area is 164 Å². The number of methoxy groups -OCH3 is 2. The zero-order valence-corrected chi connectivity index (χ0v) is 17.0. The summed E-state index contributed by atoms with van der Waals surface area (Å²) in [6.07, 6.45) is 4.54. The summed E-state index contributed by atoms with van der Waals surface area (Å²) in [4.78, 5) is 4.70. The van der Waals surface area contributed by atoms with Gasteiger partial charge in [-0.1, -0.05) is 37.3 Å². The molecule has 7 heteroatoms. The molecule has 0 aliphatic heterocycles. The Bertz CT molecular complexity index is 768. The van der Waals surface area contributed by atoms with Gasteiger partial charge in [0.15, 0.2) is 0 Å². The van der Waals surface area contributed by atoms with Crippen LogP contribution >= 0.6 is 11.3 Å². The highest BCUT2D eigenvalue weighted by molar-refractivity contribution is 7.13. The number of hydrogen-bond acceptors (Lipinski definition) is 7. The third-order valence-corrected chi connectivity index (χ3v) is 4.48. The van der Waals surface area contributed by atoms with E-state index in [1.807, 2.05) is 54.8 Å². The van der Waals surface area contributed by atoms with Crippen LogP contribution in [0.1, 0.15) is 19.0 Å². The summed E-state index contributed by atoms with van der Waals surface area (Å²) in [5.41, 5.74) is 3.47. The number of nitrogens with two attached hydrogens (primary N) is 1. The lowest BCUT2D eigenvalue weighted by Gasteiger charge is -2.08. The zero-order valence-electron chi connectivity index (χ0n) is 16.2. The van der Waals surface area contributed by atoms with E-state index in [0.717, 1.165) is 35.4 Å². The molecule has 0 amide bonds. The van der Waals surface area contributed by atoms with Gasteiger partial charge in [0, 0.05) is 25.2 Å². The second-order valence-corrected chi connectivity index (χ2v) is 6.03. The third-order valence-electron chi connectivity index (χ3n) is 3.59. The van der Waals surface area contributed by atoms with Gasteiger partial charge >= 0.3 is 0 Å². The largest absolute Gasteiger partial charge is 0.497 e. The molecule has 0 atom stereocenters. The number of benzene rings is 1. The van der Waals surface area contributed by atoms with E-state index in [1.54, 1.807) is 25.6 Å². The van der Waals surface area contributed by atoms with Crippen LogP contribution in [0.25, 0.3) is 10.6 Å². The predicted octanol–water partition coefficient (Wildman–Crippen LogP) is 3.59. The molecule has 0 saturated heterocycles. The Morgan fingerprint density at radius 1 is 1.26 bits per heavy atom. The number of thiazole rings is 1. The van der Waals surface area contributed by atoms with Gasteiger partial charge in [-0.25, -0.2) is 4.98 Å². The fourth-order valence-electron chi connectivity index (χ4n) is 2.29. The van der Waals surface area contributed by atoms with Gasteiger partial charge in [0.2, 0.25) is 0 Å². The Balaban J connectivity index is 0.00000176. The molecule has 3 N–H and O–H groups in total. The van der Waals surface area contributed by atoms with Crippen molar-refractivity contribution in [2.24, 2.45) is 10.9 Å². The van der Waals surface area contributed by atoms with Crippen molar-refractivity contribution < 1.29 is 14.6 Å². The summed E-state index contributed by atoms with van der Waals surface area (Å²) in [6, 6.07) is 10.1. The van der Waals surface area contributed by atoms with E-state index in [9.17, 15) is 0 Å². The molecular formula is C20H27N3O3S. The van der Waals surface area contributed by atoms with Gasteiger partial charge in [-0.3, -0.25) is 0 Å². The lowest BCUT2D eigenvalue weighted by molar-refractivity contribution is 0.226. The van der Waals surface area contributed by atoms with Gasteiger partial charge in [0.05, 0.1) is 13.7 Å². The smallest absolute Gasteiger partial charge is 0.124 e. The van der Waals surface area contributed by atoms with Crippen molar-refractivity contribution in [3.63, 3.8) is 0 Å². The van der Waals surface area contributed by atoms with Crippen molar-refractivity contribution in [1.29, 1.82) is 0 Å². The van der Waals surface area contributed by atoms with Crippen LogP contribution in [-0.4, -0.2) is 43.7 Å². The van der Waals surface area contributed by atoms with Crippen LogP contribution in [0.15, 0.2) is 64.3 Å². The van der Waals surface area contributed by atoms with E-state index in [0.29, 0.717) is 18.1 Å². The maximum absolute atomic E-state index is 7.00. The first-order valence-corrected chi connectivity index (χ1v) is 9.29. The van der Waals surface area contributed by atoms with E-state index < -0.39 is 0 Å². The highest BCUT2D eigenvalue weighted by Crippen LogP contribution is 2.25. The first-order valence-electron chi connectivity index (χ1n) is 8.41. The quantitative estimate of drug-likeness (QED) is 0.237. The van der Waals surface area contributed by atoms with E-state index in [4.69, 9.17) is 25.4 Å². The molecule has 2 rings (SSSR count).